The zero-order chi connectivity index (χ0) is 7.11. The summed E-state index contributed by atoms with van der Waals surface area (Å²) in [5.74, 6) is 0. The van der Waals surface area contributed by atoms with Gasteiger partial charge in [0.1, 0.15) is 6.26 Å². The fraction of sp³-hybridized carbons (Fsp3) is 0. The topological polar surface area (TPSA) is 96.5 Å². The molecule has 1 rings (SSSR count). The van der Waals surface area contributed by atoms with Gasteiger partial charge in [0.25, 0.3) is 0 Å². The fourth-order valence-electron chi connectivity index (χ4n) is 0.136. The van der Waals surface area contributed by atoms with E-state index in [1.54, 1.807) is 0 Å². The molecule has 0 atom stereocenters. The molecular formula is C3H4N2O4. The van der Waals surface area contributed by atoms with Crippen molar-refractivity contribution < 1.29 is 19.5 Å². The molecule has 0 aliphatic carbocycles. The number of rotatable bonds is 0. The summed E-state index contributed by atoms with van der Waals surface area (Å²) in [6.45, 7) is 0. The molecule has 1 heterocycles. The maximum absolute atomic E-state index is 8.56. The Morgan fingerprint density at radius 1 is 1.56 bits per heavy atom. The molecule has 0 aliphatic rings. The number of carboxylic acid groups (broad SMARTS) is 2. The van der Waals surface area contributed by atoms with E-state index in [1.165, 1.54) is 12.5 Å². The largest absolute Gasteiger partial charge is 0.503 e. The second kappa shape index (κ2) is 4.57. The first kappa shape index (κ1) is 7.41. The Morgan fingerprint density at radius 3 is 2.22 bits per heavy atom. The van der Waals surface area contributed by atoms with Crippen molar-refractivity contribution in [3.8, 4) is 0 Å². The van der Waals surface area contributed by atoms with E-state index >= 15 is 0 Å². The molecule has 1 aromatic heterocycles. The Kier molecular flexibility index (Phi) is 3.76. The van der Waals surface area contributed by atoms with Gasteiger partial charge in [-0.1, -0.05) is 0 Å². The zero-order valence-corrected chi connectivity index (χ0v) is 4.26. The second-order valence-corrected chi connectivity index (χ2v) is 0.870. The van der Waals surface area contributed by atoms with E-state index in [0.29, 0.717) is 0 Å². The Balaban J connectivity index is 0.000000148. The van der Waals surface area contributed by atoms with Crippen LogP contribution in [0.3, 0.4) is 0 Å². The third-order valence-corrected chi connectivity index (χ3v) is 0.283. The molecule has 0 radical (unpaired) electrons. The molecule has 0 bridgehead atoms. The van der Waals surface area contributed by atoms with E-state index in [0.717, 1.165) is 0 Å². The smallest absolute Gasteiger partial charge is 0.450 e. The quantitative estimate of drug-likeness (QED) is 0.526. The Morgan fingerprint density at radius 2 is 2.11 bits per heavy atom. The van der Waals surface area contributed by atoms with Gasteiger partial charge in [-0.3, -0.25) is 0 Å². The monoisotopic (exact) mass is 132 g/mol. The molecular weight excluding hydrogens is 128 g/mol. The summed E-state index contributed by atoms with van der Waals surface area (Å²) in [7, 11) is 0. The van der Waals surface area contributed by atoms with Crippen LogP contribution >= 0.6 is 0 Å². The Labute approximate surface area is 49.7 Å². The van der Waals surface area contributed by atoms with Crippen LogP contribution in [0.15, 0.2) is 17.0 Å². The van der Waals surface area contributed by atoms with Crippen LogP contribution in [0.5, 0.6) is 0 Å². The summed E-state index contributed by atoms with van der Waals surface area (Å²) in [6, 6.07) is 0. The van der Waals surface area contributed by atoms with Crippen LogP contribution in [0.1, 0.15) is 0 Å². The Hall–Kier alpha value is -1.59. The summed E-state index contributed by atoms with van der Waals surface area (Å²) in [6.07, 6.45) is 1.04. The minimum atomic E-state index is -1.83. The lowest BCUT2D eigenvalue weighted by molar-refractivity contribution is 0.137. The average Bonchev–Trinajstić information content (AvgIpc) is 2.11. The van der Waals surface area contributed by atoms with Crippen LogP contribution < -0.4 is 0 Å². The predicted octanol–water partition coefficient (Wildman–Crippen LogP) is 0.292. The van der Waals surface area contributed by atoms with Gasteiger partial charge >= 0.3 is 6.16 Å². The lowest BCUT2D eigenvalue weighted by Crippen LogP contribution is -1.81. The second-order valence-electron chi connectivity index (χ2n) is 0.870. The molecule has 0 spiro atoms. The third kappa shape index (κ3) is 10.7. The predicted molar refractivity (Wildman–Crippen MR) is 25.0 cm³/mol. The number of hydrogen-bond acceptors (Lipinski definition) is 4. The van der Waals surface area contributed by atoms with E-state index in [9.17, 15) is 0 Å². The van der Waals surface area contributed by atoms with E-state index in [4.69, 9.17) is 15.0 Å². The van der Waals surface area contributed by atoms with E-state index < -0.39 is 6.16 Å². The molecule has 0 fully saturated rings. The van der Waals surface area contributed by atoms with Crippen LogP contribution in [-0.4, -0.2) is 26.7 Å². The first-order chi connectivity index (χ1) is 4.23. The molecule has 50 valence electrons. The molecule has 9 heavy (non-hydrogen) atoms. The van der Waals surface area contributed by atoms with Crippen molar-refractivity contribution in [1.29, 1.82) is 0 Å². The lowest BCUT2D eigenvalue weighted by Gasteiger charge is -1.60. The van der Waals surface area contributed by atoms with Gasteiger partial charge in [0.15, 0.2) is 0 Å². The number of carbonyl (C=O) groups is 1. The summed E-state index contributed by atoms with van der Waals surface area (Å²) in [5, 5.41) is 20.3. The van der Waals surface area contributed by atoms with Crippen LogP contribution in [0.25, 0.3) is 0 Å². The van der Waals surface area contributed by atoms with Crippen LogP contribution in [-0.2, 0) is 0 Å². The van der Waals surface area contributed by atoms with E-state index in [-0.39, 0.29) is 0 Å². The van der Waals surface area contributed by atoms with Gasteiger partial charge in [0.2, 0.25) is 0 Å². The van der Waals surface area contributed by atoms with Crippen molar-refractivity contribution in [1.82, 2.24) is 10.4 Å². The number of aromatic nitrogens is 2. The summed E-state index contributed by atoms with van der Waals surface area (Å²) in [5.41, 5.74) is 0. The standard InChI is InChI=1S/C2H2N2O.CH2O3/c1-2-5-4-3-1;2-1(3)4/h1-2H;(H2,2,3,4). The Bertz CT molecular complexity index is 128. The van der Waals surface area contributed by atoms with Crippen molar-refractivity contribution in [3.63, 3.8) is 0 Å². The van der Waals surface area contributed by atoms with Crippen molar-refractivity contribution in [2.75, 3.05) is 0 Å². The first-order valence-corrected chi connectivity index (χ1v) is 1.86. The zero-order valence-electron chi connectivity index (χ0n) is 4.26. The number of nitrogens with zero attached hydrogens (tertiary/aromatic N) is 2. The van der Waals surface area contributed by atoms with Gasteiger partial charge in [0, 0.05) is 5.27 Å². The molecule has 0 aromatic carbocycles. The molecule has 6 heteroatoms. The van der Waals surface area contributed by atoms with Crippen molar-refractivity contribution in [2.45, 2.75) is 0 Å². The van der Waals surface area contributed by atoms with Crippen molar-refractivity contribution in [2.24, 2.45) is 0 Å². The van der Waals surface area contributed by atoms with Gasteiger partial charge < -0.3 is 14.7 Å². The summed E-state index contributed by atoms with van der Waals surface area (Å²) in [4.78, 5) is 8.56. The molecule has 6 nitrogen and oxygen atoms in total. The fourth-order valence-corrected chi connectivity index (χ4v) is 0.136. The van der Waals surface area contributed by atoms with Gasteiger partial charge in [0.05, 0.1) is 6.20 Å². The maximum Gasteiger partial charge on any atom is 0.503 e. The molecule has 1 aromatic rings. The SMILES string of the molecule is O=C(O)O.c1conn1. The molecule has 2 N–H and O–H groups in total. The normalized spacial score (nSPS) is 7.11. The molecule has 0 saturated heterocycles. The van der Waals surface area contributed by atoms with Crippen molar-refractivity contribution >= 4 is 6.16 Å². The third-order valence-electron chi connectivity index (χ3n) is 0.283. The summed E-state index contributed by atoms with van der Waals surface area (Å²) < 4.78 is 4.22. The van der Waals surface area contributed by atoms with Crippen LogP contribution in [0, 0.1) is 0 Å². The maximum atomic E-state index is 8.56. The highest BCUT2D eigenvalue weighted by molar-refractivity contribution is 5.53. The average molecular weight is 132 g/mol. The summed E-state index contributed by atoms with van der Waals surface area (Å²) >= 11 is 0. The number of hydrogen-bond donors (Lipinski definition) is 2. The van der Waals surface area contributed by atoms with Crippen LogP contribution in [0.2, 0.25) is 0 Å². The molecule has 0 aliphatic heterocycles. The minimum absolute atomic E-state index is 1.40. The minimum Gasteiger partial charge on any atom is -0.450 e. The van der Waals surface area contributed by atoms with E-state index in [2.05, 4.69) is 14.9 Å². The first-order valence-electron chi connectivity index (χ1n) is 1.86. The highest BCUT2D eigenvalue weighted by Gasteiger charge is 1.70. The van der Waals surface area contributed by atoms with Gasteiger partial charge in [-0.2, -0.15) is 0 Å². The van der Waals surface area contributed by atoms with Crippen LogP contribution in [0.4, 0.5) is 4.79 Å². The van der Waals surface area contributed by atoms with Crippen molar-refractivity contribution in [3.05, 3.63) is 12.5 Å². The molecule has 0 saturated carbocycles. The molecule has 0 unspecified atom stereocenters. The highest BCUT2D eigenvalue weighted by Crippen LogP contribution is 1.64. The van der Waals surface area contributed by atoms with Gasteiger partial charge in [-0.05, 0) is 0 Å². The van der Waals surface area contributed by atoms with Gasteiger partial charge in [-0.15, -0.1) is 5.10 Å². The lowest BCUT2D eigenvalue weighted by atomic mass is 11.0. The van der Waals surface area contributed by atoms with Gasteiger partial charge in [-0.25, -0.2) is 4.79 Å². The molecule has 0 amide bonds. The highest BCUT2D eigenvalue weighted by atomic mass is 16.6. The van der Waals surface area contributed by atoms with E-state index in [1.807, 2.05) is 0 Å².